The van der Waals surface area contributed by atoms with E-state index in [0.717, 1.165) is 0 Å². The Labute approximate surface area is 116 Å². The molecule has 0 nitrogen and oxygen atoms in total. The maximum atomic E-state index is 2.87. The van der Waals surface area contributed by atoms with Crippen LogP contribution in [0.15, 0.2) is 66.7 Å². The Morgan fingerprint density at radius 3 is 2.11 bits per heavy atom. The van der Waals surface area contributed by atoms with Crippen molar-refractivity contribution in [2.45, 2.75) is 0 Å². The minimum Gasteiger partial charge on any atom is -0.147 e. The van der Waals surface area contributed by atoms with Crippen molar-refractivity contribution in [3.05, 3.63) is 66.7 Å². The highest BCUT2D eigenvalue weighted by atomic mass is 35.5. The first kappa shape index (κ1) is 13.1. The molecule has 0 fully saturated rings. The molecule has 0 aliphatic heterocycles. The smallest absolute Gasteiger partial charge is 0.0106 e. The van der Waals surface area contributed by atoms with Crippen LogP contribution in [0.4, 0.5) is 0 Å². The van der Waals surface area contributed by atoms with Crippen LogP contribution >= 0.6 is 21.6 Å². The minimum atomic E-state index is 0. The van der Waals surface area contributed by atoms with Crippen LogP contribution in [-0.4, -0.2) is 0 Å². The highest BCUT2D eigenvalue weighted by Crippen LogP contribution is 2.24. The van der Waals surface area contributed by atoms with Gasteiger partial charge in [-0.05, 0) is 27.2 Å². The van der Waals surface area contributed by atoms with Gasteiger partial charge in [0.25, 0.3) is 0 Å². The molecule has 0 N–H and O–H groups in total. The second kappa shape index (κ2) is 5.52. The Bertz CT molecular complexity index is 662. The van der Waals surface area contributed by atoms with E-state index < -0.39 is 0 Å². The third kappa shape index (κ3) is 2.27. The summed E-state index contributed by atoms with van der Waals surface area (Å²) in [5.41, 5.74) is 2.55. The lowest BCUT2D eigenvalue weighted by Gasteiger charge is -2.09. The first-order chi connectivity index (χ1) is 8.36. The van der Waals surface area contributed by atoms with Crippen LogP contribution in [-0.2, 0) is 0 Å². The summed E-state index contributed by atoms with van der Waals surface area (Å²) in [4.78, 5) is 0. The van der Waals surface area contributed by atoms with Crippen molar-refractivity contribution in [2.75, 3.05) is 0 Å². The number of fused-ring (bicyclic) bond motifs is 1. The number of hydrogen-bond donors (Lipinski definition) is 0. The first-order valence-corrected chi connectivity index (χ1v) is 6.26. The lowest BCUT2D eigenvalue weighted by atomic mass is 10.0. The van der Waals surface area contributed by atoms with Crippen LogP contribution in [0.5, 0.6) is 0 Å². The van der Waals surface area contributed by atoms with E-state index in [4.69, 9.17) is 0 Å². The maximum Gasteiger partial charge on any atom is -0.0106 e. The van der Waals surface area contributed by atoms with Gasteiger partial charge in [-0.3, -0.25) is 0 Å². The molecule has 0 amide bonds. The summed E-state index contributed by atoms with van der Waals surface area (Å²) in [6.45, 7) is 0. The fraction of sp³-hybridized carbons (Fsp3) is 0. The van der Waals surface area contributed by atoms with Crippen LogP contribution in [0.25, 0.3) is 21.9 Å². The van der Waals surface area contributed by atoms with Gasteiger partial charge in [0.05, 0.1) is 0 Å². The molecule has 3 aromatic carbocycles. The molecule has 1 unspecified atom stereocenters. The van der Waals surface area contributed by atoms with Gasteiger partial charge in [0.2, 0.25) is 0 Å². The summed E-state index contributed by atoms with van der Waals surface area (Å²) in [6, 6.07) is 23.4. The second-order valence-electron chi connectivity index (χ2n) is 4.11. The van der Waals surface area contributed by atoms with E-state index in [-0.39, 0.29) is 12.4 Å². The molecule has 0 saturated heterocycles. The van der Waals surface area contributed by atoms with Gasteiger partial charge < -0.3 is 0 Å². The van der Waals surface area contributed by atoms with Crippen LogP contribution in [0.3, 0.4) is 0 Å². The molecule has 0 spiro atoms. The van der Waals surface area contributed by atoms with Crippen LogP contribution < -0.4 is 5.30 Å². The predicted octanol–water partition coefficient (Wildman–Crippen LogP) is 4.43. The van der Waals surface area contributed by atoms with E-state index in [1.165, 1.54) is 27.2 Å². The molecule has 0 aliphatic rings. The molecule has 0 saturated carbocycles. The lowest BCUT2D eigenvalue weighted by molar-refractivity contribution is 1.66. The number of hydrogen-bond acceptors (Lipinski definition) is 0. The number of halogens is 1. The van der Waals surface area contributed by atoms with Crippen LogP contribution in [0.1, 0.15) is 0 Å². The molecule has 90 valence electrons. The molecule has 18 heavy (non-hydrogen) atoms. The van der Waals surface area contributed by atoms with Gasteiger partial charge in [-0.2, -0.15) is 0 Å². The molecule has 0 aliphatic carbocycles. The number of rotatable bonds is 1. The van der Waals surface area contributed by atoms with Gasteiger partial charge in [0, 0.05) is 0 Å². The first-order valence-electron chi connectivity index (χ1n) is 5.69. The lowest BCUT2D eigenvalue weighted by Crippen LogP contribution is -1.98. The Balaban J connectivity index is 0.00000120. The Morgan fingerprint density at radius 2 is 1.33 bits per heavy atom. The van der Waals surface area contributed by atoms with Crippen molar-refractivity contribution in [1.29, 1.82) is 0 Å². The minimum absolute atomic E-state index is 0. The van der Waals surface area contributed by atoms with Gasteiger partial charge in [0.1, 0.15) is 0 Å². The fourth-order valence-electron chi connectivity index (χ4n) is 2.17. The van der Waals surface area contributed by atoms with Crippen LogP contribution in [0.2, 0.25) is 0 Å². The van der Waals surface area contributed by atoms with Gasteiger partial charge in [0.15, 0.2) is 0 Å². The molecule has 0 radical (unpaired) electrons. The summed E-state index contributed by atoms with van der Waals surface area (Å²) in [5, 5.41) is 3.87. The summed E-state index contributed by atoms with van der Waals surface area (Å²) in [5.74, 6) is 0. The zero-order valence-electron chi connectivity index (χ0n) is 9.84. The molecular weight excluding hydrogens is 259 g/mol. The van der Waals surface area contributed by atoms with E-state index in [0.29, 0.717) is 0 Å². The van der Waals surface area contributed by atoms with Crippen molar-refractivity contribution < 1.29 is 0 Å². The Kier molecular flexibility index (Phi) is 4.01. The molecule has 3 aromatic rings. The summed E-state index contributed by atoms with van der Waals surface area (Å²) >= 11 is 0. The summed E-state index contributed by atoms with van der Waals surface area (Å²) in [6.07, 6.45) is 0. The quantitative estimate of drug-likeness (QED) is 0.575. The highest BCUT2D eigenvalue weighted by Gasteiger charge is 2.04. The van der Waals surface area contributed by atoms with Gasteiger partial charge >= 0.3 is 0 Å². The zero-order chi connectivity index (χ0) is 11.7. The molecule has 3 rings (SSSR count). The average molecular weight is 273 g/mol. The fourth-order valence-corrected chi connectivity index (χ4v) is 2.69. The van der Waals surface area contributed by atoms with E-state index >= 15 is 0 Å². The largest absolute Gasteiger partial charge is 0.147 e. The van der Waals surface area contributed by atoms with Crippen molar-refractivity contribution in [1.82, 2.24) is 0 Å². The summed E-state index contributed by atoms with van der Waals surface area (Å²) < 4.78 is 0. The average Bonchev–Trinajstić information content (AvgIpc) is 2.40. The van der Waals surface area contributed by atoms with Crippen LogP contribution in [0, 0.1) is 0 Å². The van der Waals surface area contributed by atoms with Gasteiger partial charge in [-0.1, -0.05) is 66.7 Å². The Morgan fingerprint density at radius 1 is 0.667 bits per heavy atom. The third-order valence-electron chi connectivity index (χ3n) is 3.06. The molecule has 0 heterocycles. The van der Waals surface area contributed by atoms with Gasteiger partial charge in [-0.25, -0.2) is 0 Å². The molecular formula is C16H14ClP. The van der Waals surface area contributed by atoms with E-state index in [1.54, 1.807) is 0 Å². The SMILES string of the molecule is Cl.Pc1c(-c2ccccc2)ccc2ccccc12. The zero-order valence-corrected chi connectivity index (χ0v) is 11.8. The molecule has 2 heteroatoms. The second-order valence-corrected chi connectivity index (χ2v) is 4.69. The maximum absolute atomic E-state index is 2.87. The van der Waals surface area contributed by atoms with Crippen molar-refractivity contribution in [3.63, 3.8) is 0 Å². The third-order valence-corrected chi connectivity index (χ3v) is 3.68. The van der Waals surface area contributed by atoms with E-state index in [1.807, 2.05) is 6.07 Å². The summed E-state index contributed by atoms with van der Waals surface area (Å²) in [7, 11) is 2.87. The van der Waals surface area contributed by atoms with Crippen molar-refractivity contribution in [2.24, 2.45) is 0 Å². The standard InChI is InChI=1S/C16H13P.ClH/c17-16-14-9-5-4-8-13(14)10-11-15(16)12-6-2-1-3-7-12;/h1-11H,17H2;1H. The normalized spacial score (nSPS) is 10.1. The van der Waals surface area contributed by atoms with E-state index in [9.17, 15) is 0 Å². The topological polar surface area (TPSA) is 0 Å². The van der Waals surface area contributed by atoms with Crippen molar-refractivity contribution >= 4 is 37.7 Å². The van der Waals surface area contributed by atoms with Gasteiger partial charge in [-0.15, -0.1) is 21.6 Å². The number of benzene rings is 3. The highest BCUT2D eigenvalue weighted by molar-refractivity contribution is 7.29. The van der Waals surface area contributed by atoms with Crippen molar-refractivity contribution in [3.8, 4) is 11.1 Å². The predicted molar refractivity (Wildman–Crippen MR) is 86.0 cm³/mol. The van der Waals surface area contributed by atoms with E-state index in [2.05, 4.69) is 69.9 Å². The monoisotopic (exact) mass is 272 g/mol. The molecule has 1 atom stereocenters. The molecule has 0 bridgehead atoms. The Hall–Kier alpha value is -1.36. The molecule has 0 aromatic heterocycles.